The molecule has 0 saturated heterocycles. The molecule has 4 heterocycles. The zero-order valence-electron chi connectivity index (χ0n) is 27.8. The van der Waals surface area contributed by atoms with Crippen LogP contribution in [0, 0.1) is 0 Å². The Labute approximate surface area is 301 Å². The van der Waals surface area contributed by atoms with Crippen LogP contribution in [0.15, 0.2) is 164 Å². The van der Waals surface area contributed by atoms with Gasteiger partial charge in [0.25, 0.3) is 0 Å². The maximum Gasteiger partial charge on any atom is 0.156 e. The Morgan fingerprint density at radius 2 is 1.17 bits per heavy atom. The largest absolute Gasteiger partial charge is 0.291 e. The van der Waals surface area contributed by atoms with Crippen LogP contribution in [-0.4, -0.2) is 14.4 Å². The Morgan fingerprint density at radius 1 is 0.462 bits per heavy atom. The molecule has 0 fully saturated rings. The fourth-order valence-electron chi connectivity index (χ4n) is 8.41. The molecule has 4 aromatic heterocycles. The lowest BCUT2D eigenvalue weighted by Crippen LogP contribution is -1.93. The normalized spacial score (nSPS) is 12.2. The highest BCUT2D eigenvalue weighted by Crippen LogP contribution is 2.43. The van der Waals surface area contributed by atoms with Gasteiger partial charge < -0.3 is 0 Å². The summed E-state index contributed by atoms with van der Waals surface area (Å²) in [4.78, 5) is 10.1. The molecule has 0 spiro atoms. The molecule has 0 aliphatic heterocycles. The third-order valence-corrected chi connectivity index (χ3v) is 12.1. The molecular formula is C48H27N3S. The lowest BCUT2D eigenvalue weighted by atomic mass is 9.95. The van der Waals surface area contributed by atoms with E-state index in [4.69, 9.17) is 9.97 Å². The van der Waals surface area contributed by atoms with E-state index in [1.165, 1.54) is 74.4 Å². The maximum atomic E-state index is 5.42. The molecule has 12 rings (SSSR count). The van der Waals surface area contributed by atoms with E-state index in [0.29, 0.717) is 0 Å². The summed E-state index contributed by atoms with van der Waals surface area (Å²) in [5.41, 5.74) is 8.85. The summed E-state index contributed by atoms with van der Waals surface area (Å²) in [6.07, 6.45) is 1.88. The number of fused-ring (bicyclic) bond motifs is 13. The first-order valence-electron chi connectivity index (χ1n) is 17.6. The van der Waals surface area contributed by atoms with Gasteiger partial charge in [-0.25, -0.2) is 4.98 Å². The van der Waals surface area contributed by atoms with Crippen LogP contribution >= 0.6 is 11.3 Å². The summed E-state index contributed by atoms with van der Waals surface area (Å²) in [7, 11) is 0. The topological polar surface area (TPSA) is 30.2 Å². The van der Waals surface area contributed by atoms with Gasteiger partial charge in [0.2, 0.25) is 0 Å². The summed E-state index contributed by atoms with van der Waals surface area (Å²) in [5.74, 6) is 0. The number of hydrogen-bond donors (Lipinski definition) is 0. The van der Waals surface area contributed by atoms with Crippen molar-refractivity contribution in [2.24, 2.45) is 0 Å². The van der Waals surface area contributed by atoms with Crippen molar-refractivity contribution in [2.45, 2.75) is 0 Å². The zero-order valence-corrected chi connectivity index (χ0v) is 28.7. The van der Waals surface area contributed by atoms with E-state index in [9.17, 15) is 0 Å². The molecule has 0 atom stereocenters. The first-order chi connectivity index (χ1) is 25.7. The minimum absolute atomic E-state index is 1.00. The summed E-state index contributed by atoms with van der Waals surface area (Å²) >= 11 is 1.84. The van der Waals surface area contributed by atoms with Gasteiger partial charge in [0, 0.05) is 32.4 Å². The van der Waals surface area contributed by atoms with Gasteiger partial charge in [-0.15, -0.1) is 11.3 Å². The van der Waals surface area contributed by atoms with Crippen LogP contribution in [0.1, 0.15) is 0 Å². The van der Waals surface area contributed by atoms with Gasteiger partial charge in [-0.05, 0) is 103 Å². The number of imidazole rings is 1. The molecule has 0 saturated carbocycles. The van der Waals surface area contributed by atoms with Crippen molar-refractivity contribution in [3.63, 3.8) is 0 Å². The Morgan fingerprint density at radius 3 is 1.98 bits per heavy atom. The third-order valence-electron chi connectivity index (χ3n) is 10.9. The van der Waals surface area contributed by atoms with Crippen LogP contribution in [0.5, 0.6) is 0 Å². The van der Waals surface area contributed by atoms with Crippen molar-refractivity contribution in [3.8, 4) is 22.4 Å². The minimum atomic E-state index is 1.00. The SMILES string of the molecule is c1ccc2cc3cc4c(cc3cc2c1)nc1c2sc3cc5ccccc5cc3c2cc(-c2ccc(-c3cccc5c3ccc3cccnc35)cc2)n41. The van der Waals surface area contributed by atoms with Crippen molar-refractivity contribution in [1.82, 2.24) is 14.4 Å². The van der Waals surface area contributed by atoms with E-state index in [2.05, 4.69) is 156 Å². The molecule has 0 radical (unpaired) electrons. The molecule has 0 N–H and O–H groups in total. The summed E-state index contributed by atoms with van der Waals surface area (Å²) in [6.45, 7) is 0. The number of aromatic nitrogens is 3. The van der Waals surface area contributed by atoms with E-state index in [-0.39, 0.29) is 0 Å². The Kier molecular flexibility index (Phi) is 5.65. The molecule has 52 heavy (non-hydrogen) atoms. The van der Waals surface area contributed by atoms with Crippen molar-refractivity contribution >= 4 is 102 Å². The van der Waals surface area contributed by atoms with Crippen LogP contribution in [0.25, 0.3) is 113 Å². The van der Waals surface area contributed by atoms with Gasteiger partial charge in [-0.1, -0.05) is 109 Å². The second-order valence-corrected chi connectivity index (χ2v) is 14.9. The molecule has 0 unspecified atom stereocenters. The molecule has 0 aliphatic carbocycles. The maximum absolute atomic E-state index is 5.42. The number of benzene rings is 8. The summed E-state index contributed by atoms with van der Waals surface area (Å²) in [6, 6.07) is 57.7. The van der Waals surface area contributed by atoms with Gasteiger partial charge in [0.05, 0.1) is 26.9 Å². The Bertz CT molecular complexity index is 3450. The lowest BCUT2D eigenvalue weighted by Gasteiger charge is -2.12. The predicted octanol–water partition coefficient (Wildman–Crippen LogP) is 13.4. The highest BCUT2D eigenvalue weighted by molar-refractivity contribution is 7.26. The average Bonchev–Trinajstić information content (AvgIpc) is 3.75. The second kappa shape index (κ2) is 10.5. The van der Waals surface area contributed by atoms with Crippen LogP contribution in [-0.2, 0) is 0 Å². The minimum Gasteiger partial charge on any atom is -0.291 e. The predicted molar refractivity (Wildman–Crippen MR) is 222 cm³/mol. The Balaban J connectivity index is 1.13. The third kappa shape index (κ3) is 4.01. The zero-order chi connectivity index (χ0) is 33.9. The number of rotatable bonds is 2. The van der Waals surface area contributed by atoms with Crippen LogP contribution < -0.4 is 0 Å². The van der Waals surface area contributed by atoms with Gasteiger partial charge >= 0.3 is 0 Å². The molecular weight excluding hydrogens is 651 g/mol. The van der Waals surface area contributed by atoms with E-state index < -0.39 is 0 Å². The van der Waals surface area contributed by atoms with Gasteiger partial charge in [-0.2, -0.15) is 0 Å². The first kappa shape index (κ1) is 28.1. The molecule has 0 amide bonds. The molecule has 4 heteroatoms. The number of hydrogen-bond acceptors (Lipinski definition) is 3. The van der Waals surface area contributed by atoms with E-state index in [1.54, 1.807) is 0 Å². The molecule has 0 bridgehead atoms. The lowest BCUT2D eigenvalue weighted by molar-refractivity contribution is 1.25. The fourth-order valence-corrected chi connectivity index (χ4v) is 9.60. The monoisotopic (exact) mass is 677 g/mol. The van der Waals surface area contributed by atoms with Crippen molar-refractivity contribution < 1.29 is 0 Å². The Hall–Kier alpha value is -6.62. The van der Waals surface area contributed by atoms with E-state index >= 15 is 0 Å². The highest BCUT2D eigenvalue weighted by atomic mass is 32.1. The van der Waals surface area contributed by atoms with Crippen LogP contribution in [0.2, 0.25) is 0 Å². The van der Waals surface area contributed by atoms with Crippen molar-refractivity contribution in [3.05, 3.63) is 164 Å². The molecule has 0 aliphatic rings. The standard InChI is InChI=1S/C48H27N3S/c1-2-8-32-22-36-25-44-42(24-35(36)21-31(32)7-1)50-48-47-41(40-23-33-9-3-4-10-34(33)26-45(40)52-47)27-43(51(44)48)29-16-14-28(15-17-29)37-12-5-13-39-38(37)19-18-30-11-6-20-49-46(30)39/h1-27H. The van der Waals surface area contributed by atoms with Gasteiger partial charge in [0.1, 0.15) is 0 Å². The smallest absolute Gasteiger partial charge is 0.156 e. The molecule has 240 valence electrons. The molecule has 8 aromatic carbocycles. The van der Waals surface area contributed by atoms with Gasteiger partial charge in [0.15, 0.2) is 5.65 Å². The quantitative estimate of drug-likeness (QED) is 0.135. The average molecular weight is 678 g/mol. The highest BCUT2D eigenvalue weighted by Gasteiger charge is 2.19. The van der Waals surface area contributed by atoms with Gasteiger partial charge in [-0.3, -0.25) is 9.38 Å². The summed E-state index contributed by atoms with van der Waals surface area (Å²) < 4.78 is 4.89. The first-order valence-corrected chi connectivity index (χ1v) is 18.5. The van der Waals surface area contributed by atoms with Crippen molar-refractivity contribution in [1.29, 1.82) is 0 Å². The number of pyridine rings is 2. The molecule has 12 aromatic rings. The van der Waals surface area contributed by atoms with Crippen LogP contribution in [0.3, 0.4) is 0 Å². The fraction of sp³-hybridized carbons (Fsp3) is 0. The van der Waals surface area contributed by atoms with E-state index in [0.717, 1.165) is 38.8 Å². The second-order valence-electron chi connectivity index (χ2n) is 13.8. The van der Waals surface area contributed by atoms with Crippen LogP contribution in [0.4, 0.5) is 0 Å². The van der Waals surface area contributed by atoms with Crippen molar-refractivity contribution in [2.75, 3.05) is 0 Å². The number of thiophene rings is 1. The van der Waals surface area contributed by atoms with E-state index in [1.807, 2.05) is 23.6 Å². The molecule has 3 nitrogen and oxygen atoms in total. The summed E-state index contributed by atoms with van der Waals surface area (Å²) in [5, 5.41) is 13.5. The number of nitrogens with zero attached hydrogens (tertiary/aromatic N) is 3.